The minimum Gasteiger partial charge on any atom is -0.383 e. The van der Waals surface area contributed by atoms with Crippen LogP contribution >= 0.6 is 0 Å². The highest BCUT2D eigenvalue weighted by Crippen LogP contribution is 2.39. The van der Waals surface area contributed by atoms with Gasteiger partial charge in [-0.2, -0.15) is 0 Å². The second kappa shape index (κ2) is 4.17. The van der Waals surface area contributed by atoms with Crippen LogP contribution in [0.5, 0.6) is 0 Å². The van der Waals surface area contributed by atoms with Crippen LogP contribution in [0.2, 0.25) is 0 Å². The Bertz CT molecular complexity index is 180. The molecule has 2 aliphatic rings. The molecule has 0 radical (unpaired) electrons. The summed E-state index contributed by atoms with van der Waals surface area (Å²) in [6.07, 6.45) is 2.78. The van der Waals surface area contributed by atoms with E-state index in [9.17, 15) is 0 Å². The highest BCUT2D eigenvalue weighted by Gasteiger charge is 2.42. The van der Waals surface area contributed by atoms with E-state index in [0.717, 1.165) is 13.2 Å². The van der Waals surface area contributed by atoms with Crippen molar-refractivity contribution in [1.29, 1.82) is 0 Å². The Morgan fingerprint density at radius 1 is 1.21 bits per heavy atom. The third kappa shape index (κ3) is 2.10. The summed E-state index contributed by atoms with van der Waals surface area (Å²) in [5.74, 6) is 0. The summed E-state index contributed by atoms with van der Waals surface area (Å²) in [5, 5.41) is 0. The fourth-order valence-corrected chi connectivity index (χ4v) is 2.89. The third-order valence-electron chi connectivity index (χ3n) is 3.74. The average molecular weight is 198 g/mol. The molecule has 0 bridgehead atoms. The summed E-state index contributed by atoms with van der Waals surface area (Å²) >= 11 is 0. The number of rotatable bonds is 3. The minimum atomic E-state index is 0.693. The fraction of sp³-hybridized carbons (Fsp3) is 1.00. The molecule has 0 aliphatic carbocycles. The summed E-state index contributed by atoms with van der Waals surface area (Å²) in [5.41, 5.74) is 0.693. The van der Waals surface area contributed by atoms with E-state index in [-0.39, 0.29) is 0 Å². The Kier molecular flexibility index (Phi) is 3.10. The Hall–Kier alpha value is -0.120. The van der Waals surface area contributed by atoms with Crippen LogP contribution in [0.1, 0.15) is 12.8 Å². The number of hydrogen-bond acceptors (Lipinski definition) is 3. The molecule has 0 aromatic heterocycles. The second-order valence-corrected chi connectivity index (χ2v) is 5.01. The van der Waals surface area contributed by atoms with Crippen LogP contribution < -0.4 is 0 Å². The number of ether oxygens (including phenoxy) is 1. The van der Waals surface area contributed by atoms with E-state index in [0.29, 0.717) is 5.41 Å². The van der Waals surface area contributed by atoms with Gasteiger partial charge in [-0.1, -0.05) is 0 Å². The van der Waals surface area contributed by atoms with Crippen LogP contribution in [-0.4, -0.2) is 63.3 Å². The number of nitrogens with zero attached hydrogens (tertiary/aromatic N) is 2. The van der Waals surface area contributed by atoms with Gasteiger partial charge in [0.15, 0.2) is 0 Å². The van der Waals surface area contributed by atoms with Gasteiger partial charge in [-0.25, -0.2) is 0 Å². The average Bonchev–Trinajstić information content (AvgIpc) is 2.15. The van der Waals surface area contributed by atoms with Crippen molar-refractivity contribution in [2.75, 3.05) is 53.5 Å². The predicted molar refractivity (Wildman–Crippen MR) is 57.5 cm³/mol. The maximum Gasteiger partial charge on any atom is 0.0589 e. The van der Waals surface area contributed by atoms with Gasteiger partial charge in [0.25, 0.3) is 0 Å². The molecule has 14 heavy (non-hydrogen) atoms. The third-order valence-corrected chi connectivity index (χ3v) is 3.74. The Labute approximate surface area is 87.0 Å². The largest absolute Gasteiger partial charge is 0.383 e. The van der Waals surface area contributed by atoms with Gasteiger partial charge in [0, 0.05) is 26.7 Å². The van der Waals surface area contributed by atoms with E-state index in [1.165, 1.54) is 39.0 Å². The van der Waals surface area contributed by atoms with E-state index in [4.69, 9.17) is 4.74 Å². The van der Waals surface area contributed by atoms with E-state index in [1.54, 1.807) is 7.11 Å². The first-order valence-corrected chi connectivity index (χ1v) is 5.64. The number of methoxy groups -OCH3 is 1. The van der Waals surface area contributed by atoms with Crippen molar-refractivity contribution in [2.24, 2.45) is 5.41 Å². The Balaban J connectivity index is 1.70. The molecule has 0 atom stereocenters. The Morgan fingerprint density at radius 3 is 2.36 bits per heavy atom. The van der Waals surface area contributed by atoms with Crippen molar-refractivity contribution < 1.29 is 4.74 Å². The summed E-state index contributed by atoms with van der Waals surface area (Å²) in [6, 6.07) is 0. The molecule has 2 fully saturated rings. The van der Waals surface area contributed by atoms with Crippen LogP contribution in [-0.2, 0) is 4.74 Å². The highest BCUT2D eigenvalue weighted by molar-refractivity contribution is 4.96. The van der Waals surface area contributed by atoms with Crippen LogP contribution in [0.15, 0.2) is 0 Å². The predicted octanol–water partition coefficient (Wildman–Crippen LogP) is 0.660. The molecular formula is C11H22N2O. The lowest BCUT2D eigenvalue weighted by atomic mass is 9.72. The van der Waals surface area contributed by atoms with Crippen LogP contribution in [0.3, 0.4) is 0 Å². The van der Waals surface area contributed by atoms with Crippen molar-refractivity contribution in [2.45, 2.75) is 12.8 Å². The molecule has 0 N–H and O–H groups in total. The van der Waals surface area contributed by atoms with E-state index in [2.05, 4.69) is 16.8 Å². The second-order valence-electron chi connectivity index (χ2n) is 5.01. The van der Waals surface area contributed by atoms with Crippen molar-refractivity contribution in [3.63, 3.8) is 0 Å². The normalized spacial score (nSPS) is 27.9. The topological polar surface area (TPSA) is 15.7 Å². The summed E-state index contributed by atoms with van der Waals surface area (Å²) in [4.78, 5) is 4.97. The molecule has 0 aromatic carbocycles. The summed E-state index contributed by atoms with van der Waals surface area (Å²) in [7, 11) is 4.01. The summed E-state index contributed by atoms with van der Waals surface area (Å²) in [6.45, 7) is 7.19. The zero-order valence-electron chi connectivity index (χ0n) is 9.46. The summed E-state index contributed by atoms with van der Waals surface area (Å²) < 4.78 is 5.10. The highest BCUT2D eigenvalue weighted by atomic mass is 16.5. The van der Waals surface area contributed by atoms with Crippen LogP contribution in [0, 0.1) is 5.41 Å². The molecule has 0 unspecified atom stereocenters. The van der Waals surface area contributed by atoms with E-state index < -0.39 is 0 Å². The van der Waals surface area contributed by atoms with Crippen molar-refractivity contribution in [3.05, 3.63) is 0 Å². The first-order chi connectivity index (χ1) is 6.74. The molecule has 0 aromatic rings. The lowest BCUT2D eigenvalue weighted by molar-refractivity contribution is -0.0345. The van der Waals surface area contributed by atoms with Crippen LogP contribution in [0.4, 0.5) is 0 Å². The zero-order chi connectivity index (χ0) is 10.0. The first-order valence-electron chi connectivity index (χ1n) is 5.64. The fourth-order valence-electron chi connectivity index (χ4n) is 2.89. The van der Waals surface area contributed by atoms with Gasteiger partial charge in [0.05, 0.1) is 6.61 Å². The van der Waals surface area contributed by atoms with Gasteiger partial charge in [0.1, 0.15) is 0 Å². The molecule has 3 heteroatoms. The van der Waals surface area contributed by atoms with Gasteiger partial charge in [0.2, 0.25) is 0 Å². The molecule has 82 valence electrons. The molecule has 0 amide bonds. The van der Waals surface area contributed by atoms with E-state index >= 15 is 0 Å². The van der Waals surface area contributed by atoms with Gasteiger partial charge in [-0.15, -0.1) is 0 Å². The lowest BCUT2D eigenvalue weighted by Gasteiger charge is -2.53. The molecular weight excluding hydrogens is 176 g/mol. The molecule has 1 spiro atoms. The van der Waals surface area contributed by atoms with E-state index in [1.807, 2.05) is 0 Å². The van der Waals surface area contributed by atoms with Crippen LogP contribution in [0.25, 0.3) is 0 Å². The quantitative estimate of drug-likeness (QED) is 0.662. The number of hydrogen-bond donors (Lipinski definition) is 0. The number of likely N-dealkylation sites (tertiary alicyclic amines) is 2. The molecule has 2 heterocycles. The van der Waals surface area contributed by atoms with Crippen molar-refractivity contribution in [3.8, 4) is 0 Å². The monoisotopic (exact) mass is 198 g/mol. The molecule has 2 rings (SSSR count). The molecule has 3 nitrogen and oxygen atoms in total. The van der Waals surface area contributed by atoms with Gasteiger partial charge in [-0.3, -0.25) is 0 Å². The van der Waals surface area contributed by atoms with Crippen molar-refractivity contribution in [1.82, 2.24) is 9.80 Å². The Morgan fingerprint density at radius 2 is 1.86 bits per heavy atom. The number of piperidine rings is 1. The maximum atomic E-state index is 5.10. The molecule has 0 saturated carbocycles. The van der Waals surface area contributed by atoms with Gasteiger partial charge < -0.3 is 14.5 Å². The minimum absolute atomic E-state index is 0.693. The first kappa shape index (κ1) is 10.4. The molecule has 2 aliphatic heterocycles. The van der Waals surface area contributed by atoms with Crippen molar-refractivity contribution >= 4 is 0 Å². The SMILES string of the molecule is COCCN1CCC2(CC1)CN(C)C2. The lowest BCUT2D eigenvalue weighted by Crippen LogP contribution is -2.58. The standard InChI is InChI=1S/C11H22N2O/c1-12-9-11(10-12)3-5-13(6-4-11)7-8-14-2/h3-10H2,1-2H3. The molecule has 2 saturated heterocycles. The van der Waals surface area contributed by atoms with Gasteiger partial charge >= 0.3 is 0 Å². The smallest absolute Gasteiger partial charge is 0.0589 e. The zero-order valence-corrected chi connectivity index (χ0v) is 9.46. The maximum absolute atomic E-state index is 5.10. The van der Waals surface area contributed by atoms with Gasteiger partial charge in [-0.05, 0) is 38.4 Å².